The molecule has 1 aliphatic carbocycles. The van der Waals surface area contributed by atoms with Gasteiger partial charge >= 0.3 is 0 Å². The normalized spacial score (nSPS) is 13.2. The van der Waals surface area contributed by atoms with Crippen LogP contribution in [0.25, 0.3) is 55.6 Å². The van der Waals surface area contributed by atoms with Gasteiger partial charge in [0.05, 0.1) is 24.7 Å². The van der Waals surface area contributed by atoms with Crippen molar-refractivity contribution in [3.05, 3.63) is 79.0 Å². The lowest BCUT2D eigenvalue weighted by molar-refractivity contribution is -0.117. The first-order valence-electron chi connectivity index (χ1n) is 12.6. The maximum absolute atomic E-state index is 14.3. The van der Waals surface area contributed by atoms with Crippen LogP contribution in [0.2, 0.25) is 0 Å². The number of pyridine rings is 2. The average molecular weight is 519 g/mol. The highest BCUT2D eigenvalue weighted by Crippen LogP contribution is 2.36. The number of amides is 1. The van der Waals surface area contributed by atoms with Crippen LogP contribution in [0.3, 0.4) is 0 Å². The van der Waals surface area contributed by atoms with Crippen molar-refractivity contribution in [2.45, 2.75) is 12.8 Å². The Labute approximate surface area is 222 Å². The highest BCUT2D eigenvalue weighted by Gasteiger charge is 2.29. The molecule has 0 radical (unpaired) electrons. The molecule has 0 aliphatic heterocycles. The summed E-state index contributed by atoms with van der Waals surface area (Å²) in [6.45, 7) is 0. The fourth-order valence-electron chi connectivity index (χ4n) is 4.89. The Morgan fingerprint density at radius 1 is 1.00 bits per heavy atom. The van der Waals surface area contributed by atoms with Crippen LogP contribution in [0.5, 0.6) is 5.75 Å². The van der Waals surface area contributed by atoms with Crippen LogP contribution in [0, 0.1) is 11.7 Å². The van der Waals surface area contributed by atoms with Gasteiger partial charge in [0.1, 0.15) is 17.3 Å². The first kappa shape index (κ1) is 23.1. The van der Waals surface area contributed by atoms with Crippen molar-refractivity contribution in [2.75, 3.05) is 12.4 Å². The number of H-pyrrole nitrogens is 2. The molecule has 9 heteroatoms. The fourth-order valence-corrected chi connectivity index (χ4v) is 4.89. The van der Waals surface area contributed by atoms with Gasteiger partial charge in [0.15, 0.2) is 5.65 Å². The lowest BCUT2D eigenvalue weighted by Crippen LogP contribution is -2.13. The van der Waals surface area contributed by atoms with E-state index in [-0.39, 0.29) is 17.6 Å². The van der Waals surface area contributed by atoms with Crippen molar-refractivity contribution < 1.29 is 13.9 Å². The number of hydrogen-bond donors (Lipinski definition) is 3. The molecule has 39 heavy (non-hydrogen) atoms. The maximum atomic E-state index is 14.3. The van der Waals surface area contributed by atoms with Gasteiger partial charge < -0.3 is 15.0 Å². The summed E-state index contributed by atoms with van der Waals surface area (Å²) in [6.07, 6.45) is 7.03. The van der Waals surface area contributed by atoms with Crippen LogP contribution >= 0.6 is 0 Å². The second-order valence-electron chi connectivity index (χ2n) is 9.75. The molecule has 1 aliphatic rings. The molecule has 4 aromatic heterocycles. The van der Waals surface area contributed by atoms with Gasteiger partial charge in [-0.25, -0.2) is 9.37 Å². The van der Waals surface area contributed by atoms with E-state index in [0.717, 1.165) is 57.1 Å². The van der Waals surface area contributed by atoms with E-state index in [0.29, 0.717) is 22.8 Å². The number of anilines is 1. The van der Waals surface area contributed by atoms with Crippen LogP contribution in [-0.2, 0) is 4.79 Å². The molecule has 7 rings (SSSR count). The Morgan fingerprint density at radius 2 is 1.87 bits per heavy atom. The summed E-state index contributed by atoms with van der Waals surface area (Å²) in [5, 5.41) is 12.3. The molecule has 0 atom stereocenters. The molecule has 0 bridgehead atoms. The van der Waals surface area contributed by atoms with Gasteiger partial charge in [0, 0.05) is 51.8 Å². The first-order chi connectivity index (χ1) is 19.1. The molecule has 1 saturated carbocycles. The zero-order valence-electron chi connectivity index (χ0n) is 21.0. The molecule has 8 nitrogen and oxygen atoms in total. The second kappa shape index (κ2) is 9.05. The van der Waals surface area contributed by atoms with E-state index in [2.05, 4.69) is 30.5 Å². The van der Waals surface area contributed by atoms with Gasteiger partial charge in [-0.3, -0.25) is 14.9 Å². The standard InChI is InChI=1S/C30H23FN6O2/c1-39-22-9-17(7-20(31)11-22)23-3-2-4-26-24(23)12-27(35-26)28-25-10-19(14-33-29(25)37-36-28)18-8-21(15-32-13-18)34-30(38)16-5-6-16/h2-4,7-16,35H,5-6H2,1H3,(H,34,38)(H,33,36,37). The summed E-state index contributed by atoms with van der Waals surface area (Å²) in [7, 11) is 1.52. The number of aromatic nitrogens is 5. The molecule has 6 aromatic rings. The predicted molar refractivity (Wildman–Crippen MR) is 148 cm³/mol. The maximum Gasteiger partial charge on any atom is 0.227 e. The van der Waals surface area contributed by atoms with Gasteiger partial charge in [0.25, 0.3) is 0 Å². The van der Waals surface area contributed by atoms with E-state index < -0.39 is 0 Å². The SMILES string of the molecule is COc1cc(F)cc(-c2cccc3[nH]c(-c4n[nH]c5ncc(-c6cncc(NC(=O)C7CC7)c6)cc45)cc23)c1. The first-order valence-corrected chi connectivity index (χ1v) is 12.6. The lowest BCUT2D eigenvalue weighted by Gasteiger charge is -2.07. The molecule has 0 spiro atoms. The molecule has 1 fully saturated rings. The molecular weight excluding hydrogens is 495 g/mol. The van der Waals surface area contributed by atoms with Crippen molar-refractivity contribution in [3.63, 3.8) is 0 Å². The summed E-state index contributed by atoms with van der Waals surface area (Å²) in [5.41, 5.74) is 7.01. The van der Waals surface area contributed by atoms with Crippen molar-refractivity contribution >= 4 is 33.5 Å². The number of halogens is 1. The third kappa shape index (κ3) is 4.27. The van der Waals surface area contributed by atoms with Crippen LogP contribution in [0.15, 0.2) is 73.2 Å². The van der Waals surface area contributed by atoms with Crippen LogP contribution in [0.1, 0.15) is 12.8 Å². The van der Waals surface area contributed by atoms with Crippen molar-refractivity contribution in [1.29, 1.82) is 0 Å². The molecule has 4 heterocycles. The molecule has 2 aromatic carbocycles. The number of ether oxygens (including phenoxy) is 1. The third-order valence-electron chi connectivity index (χ3n) is 7.04. The quantitative estimate of drug-likeness (QED) is 0.239. The van der Waals surface area contributed by atoms with E-state index in [1.807, 2.05) is 42.5 Å². The minimum absolute atomic E-state index is 0.0366. The molecule has 0 saturated heterocycles. The van der Waals surface area contributed by atoms with E-state index in [1.54, 1.807) is 18.6 Å². The number of nitrogens with zero attached hydrogens (tertiary/aromatic N) is 3. The van der Waals surface area contributed by atoms with E-state index in [1.165, 1.54) is 19.2 Å². The predicted octanol–water partition coefficient (Wildman–Crippen LogP) is 6.33. The summed E-state index contributed by atoms with van der Waals surface area (Å²) < 4.78 is 19.5. The number of carbonyl (C=O) groups excluding carboxylic acids is 1. The minimum Gasteiger partial charge on any atom is -0.497 e. The van der Waals surface area contributed by atoms with Crippen molar-refractivity contribution in [2.24, 2.45) is 5.92 Å². The number of methoxy groups -OCH3 is 1. The second-order valence-corrected chi connectivity index (χ2v) is 9.75. The van der Waals surface area contributed by atoms with Crippen LogP contribution in [-0.4, -0.2) is 38.2 Å². The Balaban J connectivity index is 1.28. The Hall–Kier alpha value is -5.05. The number of aromatic amines is 2. The molecule has 192 valence electrons. The van der Waals surface area contributed by atoms with E-state index >= 15 is 0 Å². The smallest absolute Gasteiger partial charge is 0.227 e. The van der Waals surface area contributed by atoms with Crippen molar-refractivity contribution in [1.82, 2.24) is 25.1 Å². The highest BCUT2D eigenvalue weighted by molar-refractivity contribution is 6.01. The zero-order chi connectivity index (χ0) is 26.5. The fraction of sp³-hybridized carbons (Fsp3) is 0.133. The number of fused-ring (bicyclic) bond motifs is 2. The molecule has 3 N–H and O–H groups in total. The Bertz CT molecular complexity index is 1890. The van der Waals surface area contributed by atoms with Gasteiger partial charge in [-0.15, -0.1) is 0 Å². The van der Waals surface area contributed by atoms with E-state index in [9.17, 15) is 9.18 Å². The summed E-state index contributed by atoms with van der Waals surface area (Å²) in [6, 6.07) is 16.5. The summed E-state index contributed by atoms with van der Waals surface area (Å²) in [4.78, 5) is 24.6. The van der Waals surface area contributed by atoms with Crippen LogP contribution in [0.4, 0.5) is 10.1 Å². The van der Waals surface area contributed by atoms with Crippen LogP contribution < -0.4 is 10.1 Å². The minimum atomic E-state index is -0.361. The Kier molecular flexibility index (Phi) is 5.36. The lowest BCUT2D eigenvalue weighted by atomic mass is 10.0. The third-order valence-corrected chi connectivity index (χ3v) is 7.04. The number of carbonyl (C=O) groups is 1. The summed E-state index contributed by atoms with van der Waals surface area (Å²) >= 11 is 0. The van der Waals surface area contributed by atoms with Crippen molar-refractivity contribution in [3.8, 4) is 39.4 Å². The molecule has 0 unspecified atom stereocenters. The zero-order valence-corrected chi connectivity index (χ0v) is 21.0. The van der Waals surface area contributed by atoms with Gasteiger partial charge in [0.2, 0.25) is 5.91 Å². The number of benzene rings is 2. The molecular formula is C30H23FN6O2. The Morgan fingerprint density at radius 3 is 2.72 bits per heavy atom. The topological polar surface area (TPSA) is 109 Å². The largest absolute Gasteiger partial charge is 0.497 e. The van der Waals surface area contributed by atoms with Gasteiger partial charge in [-0.05, 0) is 60.4 Å². The van der Waals surface area contributed by atoms with Gasteiger partial charge in [-0.1, -0.05) is 12.1 Å². The molecule has 1 amide bonds. The van der Waals surface area contributed by atoms with E-state index in [4.69, 9.17) is 4.74 Å². The number of rotatable bonds is 6. The average Bonchev–Trinajstić information content (AvgIpc) is 3.58. The monoisotopic (exact) mass is 518 g/mol. The number of nitrogens with one attached hydrogen (secondary N) is 3. The van der Waals surface area contributed by atoms with Gasteiger partial charge in [-0.2, -0.15) is 5.10 Å². The highest BCUT2D eigenvalue weighted by atomic mass is 19.1. The summed E-state index contributed by atoms with van der Waals surface area (Å²) in [5.74, 6) is 0.245. The number of hydrogen-bond acceptors (Lipinski definition) is 5.